The molecule has 0 amide bonds. The van der Waals surface area contributed by atoms with E-state index >= 15 is 0 Å². The van der Waals surface area contributed by atoms with Crippen LogP contribution in [0.5, 0.6) is 0 Å². The molecule has 0 heterocycles. The zero-order valence-corrected chi connectivity index (χ0v) is 12.3. The Hall–Kier alpha value is -0.961. The summed E-state index contributed by atoms with van der Waals surface area (Å²) in [6, 6.07) is 13.4. The fourth-order valence-electron chi connectivity index (χ4n) is 1.18. The van der Waals surface area contributed by atoms with Crippen molar-refractivity contribution in [3.63, 3.8) is 0 Å². The second-order valence-electron chi connectivity index (χ2n) is 3.31. The second-order valence-corrected chi connectivity index (χ2v) is 6.37. The van der Waals surface area contributed by atoms with E-state index in [0.717, 1.165) is 12.1 Å². The Balaban J connectivity index is 0.000000454. The molecule has 19 heavy (non-hydrogen) atoms. The first kappa shape index (κ1) is 18.0. The van der Waals surface area contributed by atoms with Gasteiger partial charge in [0, 0.05) is 0 Å². The molecular formula is C10H12FeN2O4S2. The minimum Gasteiger partial charge on any atom is -0.235 e. The maximum atomic E-state index is 10.8. The molecule has 106 valence electrons. The van der Waals surface area contributed by atoms with Crippen LogP contribution in [-0.2, 0) is 37.1 Å². The van der Waals surface area contributed by atoms with Crippen LogP contribution in [0.1, 0.15) is 0 Å². The van der Waals surface area contributed by atoms with Crippen molar-refractivity contribution in [1.29, 1.82) is 0 Å². The van der Waals surface area contributed by atoms with Crippen molar-refractivity contribution in [2.75, 3.05) is 0 Å². The van der Waals surface area contributed by atoms with Gasteiger partial charge in [-0.05, 0) is 9.79 Å². The average molecular weight is 344 g/mol. The zero-order chi connectivity index (χ0) is 13.8. The Morgan fingerprint density at radius 1 is 1.00 bits per heavy atom. The molecule has 0 aromatic heterocycles. The molecule has 0 saturated carbocycles. The van der Waals surface area contributed by atoms with E-state index in [0.29, 0.717) is 0 Å². The molecule has 2 aromatic carbocycles. The summed E-state index contributed by atoms with van der Waals surface area (Å²) in [5.41, 5.74) is 0. The third-order valence-electron chi connectivity index (χ3n) is 1.91. The smallest absolute Gasteiger partial charge is 0.235 e. The van der Waals surface area contributed by atoms with Crippen molar-refractivity contribution < 1.29 is 33.9 Å². The number of primary sulfonamides is 2. The number of sulfonamides is 2. The van der Waals surface area contributed by atoms with Crippen LogP contribution >= 0.6 is 0 Å². The summed E-state index contributed by atoms with van der Waals surface area (Å²) in [5, 5.41) is 9.50. The number of hydrogen-bond donors (Lipinski definition) is 2. The summed E-state index contributed by atoms with van der Waals surface area (Å²) in [6.45, 7) is 0. The van der Waals surface area contributed by atoms with E-state index in [1.54, 1.807) is 0 Å². The number of rotatable bonds is 2. The number of nitrogens with two attached hydrogens (primary N) is 2. The molecule has 9 heteroatoms. The second kappa shape index (κ2) is 6.99. The number of hydrogen-bond acceptors (Lipinski definition) is 4. The van der Waals surface area contributed by atoms with Gasteiger partial charge in [-0.25, -0.2) is 45.3 Å². The Morgan fingerprint density at radius 3 is 1.79 bits per heavy atom. The van der Waals surface area contributed by atoms with Crippen LogP contribution in [0.2, 0.25) is 0 Å². The van der Waals surface area contributed by atoms with Crippen LogP contribution in [0.25, 0.3) is 0 Å². The molecule has 0 aliphatic rings. The van der Waals surface area contributed by atoms with Gasteiger partial charge >= 0.3 is 17.1 Å². The summed E-state index contributed by atoms with van der Waals surface area (Å²) in [6.07, 6.45) is 0. The van der Waals surface area contributed by atoms with E-state index in [1.165, 1.54) is 6.07 Å². The van der Waals surface area contributed by atoms with Crippen molar-refractivity contribution in [2.45, 2.75) is 9.79 Å². The third-order valence-corrected chi connectivity index (χ3v) is 3.97. The molecule has 4 N–H and O–H groups in total. The molecule has 0 aliphatic heterocycles. The molecular weight excluding hydrogens is 332 g/mol. The SMILES string of the molecule is NS(=O)(=O)c1ccc[c-]1S(N)(=O)=O.[Fe+2].c1cc[cH-]c1. The minimum atomic E-state index is -4.03. The van der Waals surface area contributed by atoms with Crippen LogP contribution in [0.4, 0.5) is 0 Å². The van der Waals surface area contributed by atoms with E-state index < -0.39 is 29.8 Å². The Morgan fingerprint density at radius 2 is 1.53 bits per heavy atom. The van der Waals surface area contributed by atoms with E-state index in [1.807, 2.05) is 30.3 Å². The van der Waals surface area contributed by atoms with E-state index in [-0.39, 0.29) is 17.1 Å². The van der Waals surface area contributed by atoms with Crippen molar-refractivity contribution >= 4 is 20.0 Å². The van der Waals surface area contributed by atoms with Crippen molar-refractivity contribution in [3.8, 4) is 0 Å². The average Bonchev–Trinajstić information content (AvgIpc) is 2.91. The first-order chi connectivity index (χ1) is 8.23. The van der Waals surface area contributed by atoms with Gasteiger partial charge in [-0.3, -0.25) is 0 Å². The van der Waals surface area contributed by atoms with Gasteiger partial charge in [0.2, 0.25) is 10.0 Å². The first-order valence-corrected chi connectivity index (χ1v) is 7.80. The van der Waals surface area contributed by atoms with E-state index in [2.05, 4.69) is 0 Å². The monoisotopic (exact) mass is 344 g/mol. The maximum Gasteiger partial charge on any atom is 2.00 e. The molecule has 0 spiro atoms. The Bertz CT molecular complexity index is 624. The largest absolute Gasteiger partial charge is 2.00 e. The van der Waals surface area contributed by atoms with Crippen molar-refractivity contribution in [1.82, 2.24) is 0 Å². The fraction of sp³-hybridized carbons (Fsp3) is 0. The Labute approximate surface area is 122 Å². The summed E-state index contributed by atoms with van der Waals surface area (Å²) in [4.78, 5) is -0.954. The Kier molecular flexibility index (Phi) is 6.64. The molecule has 2 aromatic rings. The van der Waals surface area contributed by atoms with Gasteiger partial charge in [0.15, 0.2) is 10.0 Å². The molecule has 0 saturated heterocycles. The van der Waals surface area contributed by atoms with E-state index in [4.69, 9.17) is 10.3 Å². The minimum absolute atomic E-state index is 0. The van der Waals surface area contributed by atoms with Gasteiger partial charge in [-0.2, -0.15) is 30.3 Å². The predicted molar refractivity (Wildman–Crippen MR) is 66.8 cm³/mol. The zero-order valence-electron chi connectivity index (χ0n) is 9.58. The van der Waals surface area contributed by atoms with Crippen LogP contribution in [0.15, 0.2) is 58.3 Å². The molecule has 6 nitrogen and oxygen atoms in total. The molecule has 2 rings (SSSR count). The molecule has 0 radical (unpaired) electrons. The maximum absolute atomic E-state index is 10.8. The van der Waals surface area contributed by atoms with Crippen molar-refractivity contribution in [2.24, 2.45) is 10.3 Å². The van der Waals surface area contributed by atoms with Gasteiger partial charge in [0.25, 0.3) is 0 Å². The van der Waals surface area contributed by atoms with Crippen LogP contribution < -0.4 is 10.3 Å². The van der Waals surface area contributed by atoms with Gasteiger partial charge in [0.05, 0.1) is 0 Å². The van der Waals surface area contributed by atoms with Crippen LogP contribution in [0.3, 0.4) is 0 Å². The van der Waals surface area contributed by atoms with Crippen LogP contribution in [0, 0.1) is 0 Å². The van der Waals surface area contributed by atoms with Crippen LogP contribution in [-0.4, -0.2) is 16.8 Å². The topological polar surface area (TPSA) is 120 Å². The van der Waals surface area contributed by atoms with E-state index in [9.17, 15) is 16.8 Å². The summed E-state index contributed by atoms with van der Waals surface area (Å²) in [5.74, 6) is 0. The molecule has 0 aliphatic carbocycles. The summed E-state index contributed by atoms with van der Waals surface area (Å²) in [7, 11) is -8.06. The van der Waals surface area contributed by atoms with Gasteiger partial charge in [-0.1, -0.05) is 0 Å². The standard InChI is InChI=1S/C5H7N2O4S2.C5H5.Fe/c6-12(8,9)4-2-1-3-5(4)13(7,10)11;1-2-4-5-3-1;/h1-3H,(H2,6,8,9)(H2,7,10,11);1-5H;/q2*-1;+2. The molecule has 0 atom stereocenters. The van der Waals surface area contributed by atoms with Gasteiger partial charge in [0.1, 0.15) is 0 Å². The third kappa shape index (κ3) is 5.68. The molecule has 0 bridgehead atoms. The summed E-state index contributed by atoms with van der Waals surface area (Å²) < 4.78 is 43.3. The fourth-order valence-corrected chi connectivity index (χ4v) is 3.11. The quantitative estimate of drug-likeness (QED) is 0.593. The first-order valence-electron chi connectivity index (χ1n) is 4.71. The van der Waals surface area contributed by atoms with Gasteiger partial charge < -0.3 is 0 Å². The molecule has 0 unspecified atom stereocenters. The normalized spacial score (nSPS) is 11.1. The van der Waals surface area contributed by atoms with Crippen molar-refractivity contribution in [3.05, 3.63) is 48.5 Å². The summed E-state index contributed by atoms with van der Waals surface area (Å²) >= 11 is 0. The predicted octanol–water partition coefficient (Wildman–Crippen LogP) is 0.103. The molecule has 0 fully saturated rings. The van der Waals surface area contributed by atoms with Gasteiger partial charge in [-0.15, -0.1) is 0 Å².